The molecule has 9 nitrogen and oxygen atoms in total. The summed E-state index contributed by atoms with van der Waals surface area (Å²) in [6.07, 6.45) is -6.58. The summed E-state index contributed by atoms with van der Waals surface area (Å²) < 4.78 is 0. The third-order valence-corrected chi connectivity index (χ3v) is 4.51. The van der Waals surface area contributed by atoms with Crippen LogP contribution in [0.25, 0.3) is 0 Å². The lowest BCUT2D eigenvalue weighted by molar-refractivity contribution is -0.246. The second-order valence-electron chi connectivity index (χ2n) is 7.73. The lowest BCUT2D eigenvalue weighted by atomic mass is 9.79. The molecule has 1 amide bonds. The summed E-state index contributed by atoms with van der Waals surface area (Å²) in [7, 11) is 0. The van der Waals surface area contributed by atoms with Crippen LogP contribution >= 0.6 is 0 Å². The molecule has 1 aliphatic rings. The minimum Gasteiger partial charge on any atom is -0.394 e. The van der Waals surface area contributed by atoms with Gasteiger partial charge >= 0.3 is 0 Å². The van der Waals surface area contributed by atoms with Crippen molar-refractivity contribution < 1.29 is 35.5 Å². The maximum atomic E-state index is 12.1. The molecule has 1 saturated heterocycles. The van der Waals surface area contributed by atoms with Crippen LogP contribution in [0.4, 0.5) is 0 Å². The first-order chi connectivity index (χ1) is 10.8. The van der Waals surface area contributed by atoms with Crippen LogP contribution in [0.1, 0.15) is 40.5 Å². The summed E-state index contributed by atoms with van der Waals surface area (Å²) in [6, 6.07) is -0.354. The molecule has 0 aromatic heterocycles. The molecule has 24 heavy (non-hydrogen) atoms. The highest BCUT2D eigenvalue weighted by Gasteiger charge is 2.46. The molecule has 1 rings (SSSR count). The first-order valence-corrected chi connectivity index (χ1v) is 7.96. The summed E-state index contributed by atoms with van der Waals surface area (Å²) in [4.78, 5) is 12.1. The van der Waals surface area contributed by atoms with Gasteiger partial charge in [-0.25, -0.2) is 0 Å². The van der Waals surface area contributed by atoms with Crippen LogP contribution in [0.2, 0.25) is 0 Å². The number of hydroxylamine groups is 2. The number of hydrogen-bond donors (Lipinski definition) is 7. The maximum Gasteiger partial charge on any atom is 0.251 e. The third-order valence-electron chi connectivity index (χ3n) is 4.51. The standard InChI is InChI=1S/C15H30N2O7/c1-14(2)5-8(6-15(3,4)17(14)24)16-13(23)12(22)11(21)10(20)9(19)7-18/h8-12,18-22,24H,5-7H2,1-4H3,(H,16,23). The Balaban J connectivity index is 2.73. The maximum absolute atomic E-state index is 12.1. The summed E-state index contributed by atoms with van der Waals surface area (Å²) in [6.45, 7) is 6.46. The summed E-state index contributed by atoms with van der Waals surface area (Å²) in [5.74, 6) is -0.894. The van der Waals surface area contributed by atoms with Gasteiger partial charge in [0.2, 0.25) is 0 Å². The van der Waals surface area contributed by atoms with Crippen LogP contribution in [-0.4, -0.2) is 89.9 Å². The minimum absolute atomic E-state index is 0.354. The largest absolute Gasteiger partial charge is 0.394 e. The molecule has 0 aliphatic carbocycles. The topological polar surface area (TPSA) is 154 Å². The zero-order chi connectivity index (χ0) is 18.9. The Kier molecular flexibility index (Phi) is 6.73. The van der Waals surface area contributed by atoms with Crippen molar-refractivity contribution in [2.24, 2.45) is 0 Å². The van der Waals surface area contributed by atoms with Gasteiger partial charge in [-0.2, -0.15) is 5.06 Å². The SMILES string of the molecule is CC1(C)CC(NC(=O)C(O)C(O)C(O)C(O)CO)CC(C)(C)N1O. The van der Waals surface area contributed by atoms with Crippen molar-refractivity contribution in [2.45, 2.75) is 82.1 Å². The quantitative estimate of drug-likeness (QED) is 0.289. The molecule has 0 bridgehead atoms. The first kappa shape index (κ1) is 21.2. The van der Waals surface area contributed by atoms with E-state index in [1.165, 1.54) is 5.06 Å². The van der Waals surface area contributed by atoms with E-state index >= 15 is 0 Å². The Bertz CT molecular complexity index is 426. The van der Waals surface area contributed by atoms with Gasteiger partial charge in [0.05, 0.1) is 6.61 Å². The van der Waals surface area contributed by atoms with Crippen LogP contribution in [0, 0.1) is 0 Å². The van der Waals surface area contributed by atoms with Gasteiger partial charge < -0.3 is 36.1 Å². The van der Waals surface area contributed by atoms with E-state index in [0.29, 0.717) is 12.8 Å². The lowest BCUT2D eigenvalue weighted by Crippen LogP contribution is -2.64. The number of carbonyl (C=O) groups is 1. The Morgan fingerprint density at radius 2 is 1.54 bits per heavy atom. The highest BCUT2D eigenvalue weighted by atomic mass is 16.5. The van der Waals surface area contributed by atoms with Crippen molar-refractivity contribution >= 4 is 5.91 Å². The first-order valence-electron chi connectivity index (χ1n) is 7.96. The molecule has 4 unspecified atom stereocenters. The molecule has 0 spiro atoms. The van der Waals surface area contributed by atoms with E-state index in [1.54, 1.807) is 0 Å². The molecule has 142 valence electrons. The number of hydrogen-bond acceptors (Lipinski definition) is 8. The second-order valence-corrected chi connectivity index (χ2v) is 7.73. The molecule has 4 atom stereocenters. The van der Waals surface area contributed by atoms with E-state index in [9.17, 15) is 30.4 Å². The lowest BCUT2D eigenvalue weighted by Gasteiger charge is -2.51. The number of amides is 1. The molecule has 0 radical (unpaired) electrons. The molecule has 0 aromatic carbocycles. The predicted molar refractivity (Wildman–Crippen MR) is 84.1 cm³/mol. The average molecular weight is 350 g/mol. The van der Waals surface area contributed by atoms with Gasteiger partial charge in [0.15, 0.2) is 6.10 Å². The summed E-state index contributed by atoms with van der Waals surface area (Å²) in [5, 5.41) is 61.3. The highest BCUT2D eigenvalue weighted by molar-refractivity contribution is 5.81. The zero-order valence-corrected chi connectivity index (χ0v) is 14.5. The number of rotatable bonds is 6. The van der Waals surface area contributed by atoms with Crippen molar-refractivity contribution in [2.75, 3.05) is 6.61 Å². The van der Waals surface area contributed by atoms with E-state index < -0.39 is 48.0 Å². The Morgan fingerprint density at radius 3 is 1.96 bits per heavy atom. The molecule has 9 heteroatoms. The molecule has 1 heterocycles. The van der Waals surface area contributed by atoms with E-state index in [0.717, 1.165) is 0 Å². The van der Waals surface area contributed by atoms with Crippen LogP contribution in [0.5, 0.6) is 0 Å². The number of carbonyl (C=O) groups excluding carboxylic acids is 1. The minimum atomic E-state index is -1.96. The second kappa shape index (κ2) is 7.61. The third kappa shape index (κ3) is 4.63. The molecule has 1 aliphatic heterocycles. The molecule has 1 fully saturated rings. The number of aliphatic hydroxyl groups is 5. The fourth-order valence-electron chi connectivity index (χ4n) is 3.34. The molecule has 0 aromatic rings. The molecule has 0 saturated carbocycles. The van der Waals surface area contributed by atoms with Crippen molar-refractivity contribution in [1.82, 2.24) is 10.4 Å². The van der Waals surface area contributed by atoms with Gasteiger partial charge in [-0.3, -0.25) is 4.79 Å². The summed E-state index contributed by atoms with van der Waals surface area (Å²) in [5.41, 5.74) is -1.20. The molecular formula is C15H30N2O7. The Labute approximate surface area is 141 Å². The van der Waals surface area contributed by atoms with Gasteiger partial charge in [0, 0.05) is 17.1 Å². The van der Waals surface area contributed by atoms with Crippen LogP contribution in [-0.2, 0) is 4.79 Å². The molecular weight excluding hydrogens is 320 g/mol. The number of aliphatic hydroxyl groups excluding tert-OH is 5. The van der Waals surface area contributed by atoms with E-state index in [2.05, 4.69) is 5.32 Å². The van der Waals surface area contributed by atoms with E-state index in [-0.39, 0.29) is 6.04 Å². The fourth-order valence-corrected chi connectivity index (χ4v) is 3.34. The highest BCUT2D eigenvalue weighted by Crippen LogP contribution is 2.36. The number of nitrogens with one attached hydrogen (secondary N) is 1. The predicted octanol–water partition coefficient (Wildman–Crippen LogP) is -2.05. The van der Waals surface area contributed by atoms with Crippen molar-refractivity contribution in [3.05, 3.63) is 0 Å². The van der Waals surface area contributed by atoms with Gasteiger partial charge in [0.25, 0.3) is 5.91 Å². The normalized spacial score (nSPS) is 26.4. The fraction of sp³-hybridized carbons (Fsp3) is 0.933. The average Bonchev–Trinajstić information content (AvgIpc) is 2.48. The van der Waals surface area contributed by atoms with Gasteiger partial charge in [-0.1, -0.05) is 0 Å². The van der Waals surface area contributed by atoms with Crippen molar-refractivity contribution in [3.8, 4) is 0 Å². The smallest absolute Gasteiger partial charge is 0.251 e. The Hall–Kier alpha value is -0.810. The van der Waals surface area contributed by atoms with Crippen LogP contribution in [0.3, 0.4) is 0 Å². The number of piperidine rings is 1. The van der Waals surface area contributed by atoms with Crippen molar-refractivity contribution in [3.63, 3.8) is 0 Å². The van der Waals surface area contributed by atoms with Crippen molar-refractivity contribution in [1.29, 1.82) is 0 Å². The van der Waals surface area contributed by atoms with Crippen LogP contribution < -0.4 is 5.32 Å². The molecule has 7 N–H and O–H groups in total. The summed E-state index contributed by atoms with van der Waals surface area (Å²) >= 11 is 0. The van der Waals surface area contributed by atoms with Crippen LogP contribution in [0.15, 0.2) is 0 Å². The zero-order valence-electron chi connectivity index (χ0n) is 14.5. The van der Waals surface area contributed by atoms with Gasteiger partial charge in [0.1, 0.15) is 18.3 Å². The van der Waals surface area contributed by atoms with E-state index in [4.69, 9.17) is 5.11 Å². The van der Waals surface area contributed by atoms with E-state index in [1.807, 2.05) is 27.7 Å². The monoisotopic (exact) mass is 350 g/mol. The Morgan fingerprint density at radius 1 is 1.08 bits per heavy atom. The number of nitrogens with zero attached hydrogens (tertiary/aromatic N) is 1. The van der Waals surface area contributed by atoms with Gasteiger partial charge in [-0.05, 0) is 40.5 Å². The van der Waals surface area contributed by atoms with Gasteiger partial charge in [-0.15, -0.1) is 0 Å².